The van der Waals surface area contributed by atoms with Crippen LogP contribution in [0.15, 0.2) is 108 Å². The molecule has 0 aliphatic carbocycles. The maximum Gasteiger partial charge on any atom is 0.340 e. The molecule has 0 bridgehead atoms. The highest BCUT2D eigenvalue weighted by molar-refractivity contribution is 8.00. The summed E-state index contributed by atoms with van der Waals surface area (Å²) in [5, 5.41) is 3.67. The lowest BCUT2D eigenvalue weighted by molar-refractivity contribution is -0.135. The van der Waals surface area contributed by atoms with E-state index >= 15 is 0 Å². The molecule has 0 saturated carbocycles. The van der Waals surface area contributed by atoms with Gasteiger partial charge in [-0.15, -0.1) is 11.8 Å². The lowest BCUT2D eigenvalue weighted by Crippen LogP contribution is -2.34. The first-order chi connectivity index (χ1) is 19.4. The number of rotatable bonds is 11. The molecule has 0 fully saturated rings. The minimum absolute atomic E-state index is 0.0970. The first-order valence-electron chi connectivity index (χ1n) is 12.4. The number of amides is 2. The number of esters is 1. The van der Waals surface area contributed by atoms with Crippen molar-refractivity contribution in [3.63, 3.8) is 0 Å². The van der Waals surface area contributed by atoms with Crippen LogP contribution in [0.5, 0.6) is 0 Å². The van der Waals surface area contributed by atoms with Crippen LogP contribution in [0.3, 0.4) is 0 Å². The summed E-state index contributed by atoms with van der Waals surface area (Å²) in [6.07, 6.45) is 0. The van der Waals surface area contributed by atoms with Crippen LogP contribution in [0.4, 0.5) is 5.69 Å². The average molecular weight is 594 g/mol. The zero-order valence-corrected chi connectivity index (χ0v) is 23.7. The first-order valence-corrected chi connectivity index (χ1v) is 14.1. The average Bonchev–Trinajstić information content (AvgIpc) is 2.96. The van der Waals surface area contributed by atoms with Crippen molar-refractivity contribution in [3.05, 3.63) is 130 Å². The fourth-order valence-electron chi connectivity index (χ4n) is 3.80. The van der Waals surface area contributed by atoms with Gasteiger partial charge in [0.2, 0.25) is 5.91 Å². The van der Waals surface area contributed by atoms with E-state index in [1.54, 1.807) is 17.0 Å². The van der Waals surface area contributed by atoms with Crippen LogP contribution in [-0.2, 0) is 27.4 Å². The summed E-state index contributed by atoms with van der Waals surface area (Å²) in [4.78, 5) is 41.3. The summed E-state index contributed by atoms with van der Waals surface area (Å²) in [5.41, 5.74) is 2.21. The number of ether oxygens (including phenoxy) is 1. The van der Waals surface area contributed by atoms with E-state index in [0.29, 0.717) is 23.1 Å². The number of nitrogens with one attached hydrogen (secondary N) is 1. The molecule has 204 valence electrons. The Hall–Kier alpha value is -3.78. The number of benzene rings is 4. The number of carbonyl (C=O) groups is 3. The quantitative estimate of drug-likeness (QED) is 0.148. The van der Waals surface area contributed by atoms with E-state index in [1.807, 2.05) is 72.8 Å². The van der Waals surface area contributed by atoms with Crippen LogP contribution in [-0.4, -0.2) is 35.0 Å². The van der Waals surface area contributed by atoms with Gasteiger partial charge in [-0.2, -0.15) is 0 Å². The van der Waals surface area contributed by atoms with Crippen LogP contribution in [0.1, 0.15) is 21.5 Å². The van der Waals surface area contributed by atoms with E-state index in [-0.39, 0.29) is 28.8 Å². The molecule has 0 unspecified atom stereocenters. The number of hydrogen-bond acceptors (Lipinski definition) is 5. The summed E-state index contributed by atoms with van der Waals surface area (Å²) in [6.45, 7) is 0.264. The molecule has 4 aromatic carbocycles. The number of nitrogens with zero attached hydrogens (tertiary/aromatic N) is 1. The van der Waals surface area contributed by atoms with Gasteiger partial charge in [0.15, 0.2) is 6.61 Å². The van der Waals surface area contributed by atoms with Gasteiger partial charge in [0.05, 0.1) is 17.0 Å². The Balaban J connectivity index is 1.40. The maximum atomic E-state index is 13.2. The van der Waals surface area contributed by atoms with Crippen molar-refractivity contribution in [1.82, 2.24) is 4.90 Å². The lowest BCUT2D eigenvalue weighted by atomic mass is 10.1. The molecule has 6 nitrogen and oxygen atoms in total. The Labute approximate surface area is 247 Å². The maximum absolute atomic E-state index is 13.2. The molecule has 0 aliphatic rings. The van der Waals surface area contributed by atoms with Gasteiger partial charge < -0.3 is 15.0 Å². The topological polar surface area (TPSA) is 75.7 Å². The second kappa shape index (κ2) is 14.6. The molecule has 40 heavy (non-hydrogen) atoms. The molecule has 1 N–H and O–H groups in total. The normalized spacial score (nSPS) is 10.6. The molecule has 4 rings (SSSR count). The predicted octanol–water partition coefficient (Wildman–Crippen LogP) is 7.11. The monoisotopic (exact) mass is 592 g/mol. The first kappa shape index (κ1) is 29.2. The van der Waals surface area contributed by atoms with Gasteiger partial charge in [-0.1, -0.05) is 83.9 Å². The number of anilines is 1. The minimum Gasteiger partial charge on any atom is -0.452 e. The van der Waals surface area contributed by atoms with Crippen molar-refractivity contribution in [1.29, 1.82) is 0 Å². The SMILES string of the molecule is O=C(CSc1ccc(Cl)cc1)Nc1cc(Cl)ccc1C(=O)OCC(=O)N(Cc1ccccc1)Cc1ccccc1. The van der Waals surface area contributed by atoms with E-state index in [2.05, 4.69) is 5.32 Å². The highest BCUT2D eigenvalue weighted by Crippen LogP contribution is 2.24. The van der Waals surface area contributed by atoms with E-state index in [4.69, 9.17) is 27.9 Å². The largest absolute Gasteiger partial charge is 0.452 e. The van der Waals surface area contributed by atoms with Crippen molar-refractivity contribution in [2.24, 2.45) is 0 Å². The molecule has 4 aromatic rings. The van der Waals surface area contributed by atoms with Crippen LogP contribution < -0.4 is 5.32 Å². The van der Waals surface area contributed by atoms with Crippen molar-refractivity contribution in [2.45, 2.75) is 18.0 Å². The molecule has 9 heteroatoms. The molecular formula is C31H26Cl2N2O4S. The fourth-order valence-corrected chi connectivity index (χ4v) is 4.80. The fraction of sp³-hybridized carbons (Fsp3) is 0.129. The number of carbonyl (C=O) groups excluding carboxylic acids is 3. The molecule has 0 atom stereocenters. The lowest BCUT2D eigenvalue weighted by Gasteiger charge is -2.23. The standard InChI is InChI=1S/C31H26Cl2N2O4S/c32-24-11-14-26(15-12-24)40-21-29(36)34-28-17-25(33)13-16-27(28)31(38)39-20-30(37)35(18-22-7-3-1-4-8-22)19-23-9-5-2-6-10-23/h1-17H,18-21H2,(H,34,36). The Morgan fingerprint density at radius 1 is 0.750 bits per heavy atom. The summed E-state index contributed by atoms with van der Waals surface area (Å²) in [5.74, 6) is -1.32. The predicted molar refractivity (Wildman–Crippen MR) is 160 cm³/mol. The smallest absolute Gasteiger partial charge is 0.340 e. The van der Waals surface area contributed by atoms with Crippen LogP contribution in [0.2, 0.25) is 10.0 Å². The second-order valence-electron chi connectivity index (χ2n) is 8.78. The highest BCUT2D eigenvalue weighted by Gasteiger charge is 2.20. The van der Waals surface area contributed by atoms with Crippen LogP contribution >= 0.6 is 35.0 Å². The van der Waals surface area contributed by atoms with Gasteiger partial charge in [-0.05, 0) is 53.6 Å². The molecule has 0 aromatic heterocycles. The molecule has 0 saturated heterocycles. The Morgan fingerprint density at radius 2 is 1.32 bits per heavy atom. The molecular weight excluding hydrogens is 567 g/mol. The number of hydrogen-bond donors (Lipinski definition) is 1. The summed E-state index contributed by atoms with van der Waals surface area (Å²) >= 11 is 13.4. The summed E-state index contributed by atoms with van der Waals surface area (Å²) < 4.78 is 5.41. The Kier molecular flexibility index (Phi) is 10.6. The van der Waals surface area contributed by atoms with Crippen LogP contribution in [0, 0.1) is 0 Å². The number of thioether (sulfide) groups is 1. The van der Waals surface area contributed by atoms with Crippen LogP contribution in [0.25, 0.3) is 0 Å². The molecule has 0 radical (unpaired) electrons. The third kappa shape index (κ3) is 8.88. The van der Waals surface area contributed by atoms with Gasteiger partial charge in [0, 0.05) is 28.0 Å². The molecule has 0 spiro atoms. The summed E-state index contributed by atoms with van der Waals surface area (Å²) in [7, 11) is 0. The van der Waals surface area contributed by atoms with E-state index < -0.39 is 12.6 Å². The molecule has 0 aliphatic heterocycles. The minimum atomic E-state index is -0.745. The zero-order chi connectivity index (χ0) is 28.3. The Bertz CT molecular complexity index is 1410. The number of halogens is 2. The van der Waals surface area contributed by atoms with Crippen molar-refractivity contribution < 1.29 is 19.1 Å². The van der Waals surface area contributed by atoms with E-state index in [1.165, 1.54) is 30.0 Å². The van der Waals surface area contributed by atoms with Gasteiger partial charge in [0.25, 0.3) is 5.91 Å². The van der Waals surface area contributed by atoms with Crippen molar-refractivity contribution in [3.8, 4) is 0 Å². The van der Waals surface area contributed by atoms with Gasteiger partial charge in [0.1, 0.15) is 0 Å². The summed E-state index contributed by atoms with van der Waals surface area (Å²) in [6, 6.07) is 30.8. The molecule has 0 heterocycles. The van der Waals surface area contributed by atoms with Gasteiger partial charge in [-0.3, -0.25) is 9.59 Å². The van der Waals surface area contributed by atoms with Crippen molar-refractivity contribution in [2.75, 3.05) is 17.7 Å². The zero-order valence-electron chi connectivity index (χ0n) is 21.4. The van der Waals surface area contributed by atoms with Gasteiger partial charge in [-0.25, -0.2) is 4.79 Å². The van der Waals surface area contributed by atoms with Gasteiger partial charge >= 0.3 is 5.97 Å². The van der Waals surface area contributed by atoms with Crippen molar-refractivity contribution >= 4 is 58.4 Å². The third-order valence-electron chi connectivity index (χ3n) is 5.77. The highest BCUT2D eigenvalue weighted by atomic mass is 35.5. The van der Waals surface area contributed by atoms with E-state index in [9.17, 15) is 14.4 Å². The molecule has 2 amide bonds. The third-order valence-corrected chi connectivity index (χ3v) is 7.27. The second-order valence-corrected chi connectivity index (χ2v) is 10.7. The Morgan fingerprint density at radius 3 is 1.93 bits per heavy atom. The van der Waals surface area contributed by atoms with E-state index in [0.717, 1.165) is 16.0 Å².